The van der Waals surface area contributed by atoms with Crippen molar-refractivity contribution in [2.24, 2.45) is 0 Å². The van der Waals surface area contributed by atoms with Gasteiger partial charge in [-0.15, -0.1) is 0 Å². The standard InChI is InChI=1S/C11H21NO3/c1-11(2,3)12(10(14)15)8-6-4-5-7-9(8)13/h8-9,13H,4-7H2,1-3H3,(H,14,15)/t8-,9+/m1/s1. The summed E-state index contributed by atoms with van der Waals surface area (Å²) in [4.78, 5) is 12.6. The largest absolute Gasteiger partial charge is 0.465 e. The quantitative estimate of drug-likeness (QED) is 0.704. The van der Waals surface area contributed by atoms with Crippen molar-refractivity contribution in [2.75, 3.05) is 0 Å². The van der Waals surface area contributed by atoms with E-state index < -0.39 is 17.7 Å². The number of aliphatic hydroxyl groups excluding tert-OH is 1. The Morgan fingerprint density at radius 2 is 1.80 bits per heavy atom. The highest BCUT2D eigenvalue weighted by atomic mass is 16.4. The average molecular weight is 215 g/mol. The minimum atomic E-state index is -0.937. The molecule has 0 saturated heterocycles. The second-order valence-electron chi connectivity index (χ2n) is 5.24. The second kappa shape index (κ2) is 4.39. The van der Waals surface area contributed by atoms with Crippen LogP contribution in [0.3, 0.4) is 0 Å². The van der Waals surface area contributed by atoms with Gasteiger partial charge in [-0.2, -0.15) is 0 Å². The van der Waals surface area contributed by atoms with Crippen molar-refractivity contribution in [3.05, 3.63) is 0 Å². The van der Waals surface area contributed by atoms with Gasteiger partial charge < -0.3 is 10.2 Å². The van der Waals surface area contributed by atoms with Crippen LogP contribution < -0.4 is 0 Å². The van der Waals surface area contributed by atoms with E-state index >= 15 is 0 Å². The number of rotatable bonds is 1. The van der Waals surface area contributed by atoms with Gasteiger partial charge in [0.1, 0.15) is 0 Å². The summed E-state index contributed by atoms with van der Waals surface area (Å²) in [5.41, 5.74) is -0.450. The van der Waals surface area contributed by atoms with E-state index in [4.69, 9.17) is 0 Å². The summed E-state index contributed by atoms with van der Waals surface area (Å²) in [7, 11) is 0. The first kappa shape index (κ1) is 12.3. The Bertz CT molecular complexity index is 234. The van der Waals surface area contributed by atoms with E-state index in [2.05, 4.69) is 0 Å². The summed E-state index contributed by atoms with van der Waals surface area (Å²) in [5, 5.41) is 19.0. The first-order chi connectivity index (χ1) is 6.84. The summed E-state index contributed by atoms with van der Waals surface area (Å²) < 4.78 is 0. The van der Waals surface area contributed by atoms with E-state index in [1.807, 2.05) is 20.8 Å². The SMILES string of the molecule is CC(C)(C)N(C(=O)O)[C@@H]1CCCC[C@@H]1O. The lowest BCUT2D eigenvalue weighted by Crippen LogP contribution is -2.56. The minimum absolute atomic E-state index is 0.240. The van der Waals surface area contributed by atoms with Gasteiger partial charge in [-0.25, -0.2) is 4.79 Å². The number of carboxylic acid groups (broad SMARTS) is 1. The lowest BCUT2D eigenvalue weighted by molar-refractivity contribution is -0.0123. The first-order valence-corrected chi connectivity index (χ1v) is 5.54. The van der Waals surface area contributed by atoms with Gasteiger partial charge in [0.05, 0.1) is 12.1 Å². The molecule has 0 heterocycles. The molecule has 1 aliphatic carbocycles. The molecule has 1 fully saturated rings. The van der Waals surface area contributed by atoms with Gasteiger partial charge in [0.15, 0.2) is 0 Å². The van der Waals surface area contributed by atoms with E-state index in [1.165, 1.54) is 4.90 Å². The van der Waals surface area contributed by atoms with Crippen molar-refractivity contribution in [1.29, 1.82) is 0 Å². The highest BCUT2D eigenvalue weighted by Crippen LogP contribution is 2.28. The van der Waals surface area contributed by atoms with Crippen LogP contribution in [0.5, 0.6) is 0 Å². The summed E-state index contributed by atoms with van der Waals surface area (Å²) >= 11 is 0. The molecule has 1 saturated carbocycles. The van der Waals surface area contributed by atoms with Gasteiger partial charge in [-0.05, 0) is 33.6 Å². The molecule has 0 spiro atoms. The van der Waals surface area contributed by atoms with Crippen molar-refractivity contribution in [3.63, 3.8) is 0 Å². The molecule has 0 radical (unpaired) electrons. The molecule has 1 amide bonds. The zero-order chi connectivity index (χ0) is 11.6. The predicted octanol–water partition coefficient (Wildman–Crippen LogP) is 2.07. The van der Waals surface area contributed by atoms with Crippen molar-refractivity contribution >= 4 is 6.09 Å². The molecule has 0 aromatic rings. The van der Waals surface area contributed by atoms with Gasteiger partial charge in [-0.1, -0.05) is 12.8 Å². The predicted molar refractivity (Wildman–Crippen MR) is 57.9 cm³/mol. The molecule has 1 aliphatic rings. The summed E-state index contributed by atoms with van der Waals surface area (Å²) in [5.74, 6) is 0. The molecule has 0 aliphatic heterocycles. The fourth-order valence-corrected chi connectivity index (χ4v) is 2.32. The highest BCUT2D eigenvalue weighted by molar-refractivity contribution is 5.66. The Balaban J connectivity index is 2.83. The fraction of sp³-hybridized carbons (Fsp3) is 0.909. The van der Waals surface area contributed by atoms with Gasteiger partial charge in [0, 0.05) is 5.54 Å². The molecule has 2 N–H and O–H groups in total. The summed E-state index contributed by atoms with van der Waals surface area (Å²) in [6.07, 6.45) is 2.04. The van der Waals surface area contributed by atoms with Gasteiger partial charge >= 0.3 is 6.09 Å². The lowest BCUT2D eigenvalue weighted by Gasteiger charge is -2.43. The number of hydrogen-bond acceptors (Lipinski definition) is 2. The van der Waals surface area contributed by atoms with Crippen LogP contribution >= 0.6 is 0 Å². The molecule has 0 unspecified atom stereocenters. The molecular weight excluding hydrogens is 194 g/mol. The number of hydrogen-bond donors (Lipinski definition) is 2. The van der Waals surface area contributed by atoms with Crippen LogP contribution in [-0.2, 0) is 0 Å². The zero-order valence-corrected chi connectivity index (χ0v) is 9.73. The van der Waals surface area contributed by atoms with Crippen LogP contribution in [0.2, 0.25) is 0 Å². The normalized spacial score (nSPS) is 27.5. The molecule has 0 bridgehead atoms. The van der Waals surface area contributed by atoms with Crippen LogP contribution in [0.4, 0.5) is 4.79 Å². The molecule has 2 atom stereocenters. The fourth-order valence-electron chi connectivity index (χ4n) is 2.32. The maximum atomic E-state index is 11.2. The average Bonchev–Trinajstić information content (AvgIpc) is 2.05. The van der Waals surface area contributed by atoms with E-state index in [1.54, 1.807) is 0 Å². The Morgan fingerprint density at radius 3 is 2.20 bits per heavy atom. The smallest absolute Gasteiger partial charge is 0.408 e. The Hall–Kier alpha value is -0.770. The molecule has 1 rings (SSSR count). The molecule has 15 heavy (non-hydrogen) atoms. The third kappa shape index (κ3) is 2.84. The van der Waals surface area contributed by atoms with E-state index in [-0.39, 0.29) is 6.04 Å². The molecule has 88 valence electrons. The van der Waals surface area contributed by atoms with E-state index in [0.717, 1.165) is 19.3 Å². The number of aliphatic hydroxyl groups is 1. The minimum Gasteiger partial charge on any atom is -0.465 e. The maximum Gasteiger partial charge on any atom is 0.408 e. The third-order valence-corrected chi connectivity index (χ3v) is 2.95. The van der Waals surface area contributed by atoms with Crippen LogP contribution in [-0.4, -0.2) is 38.9 Å². The Morgan fingerprint density at radius 1 is 1.27 bits per heavy atom. The van der Waals surface area contributed by atoms with Gasteiger partial charge in [0.2, 0.25) is 0 Å². The van der Waals surface area contributed by atoms with E-state index in [0.29, 0.717) is 6.42 Å². The molecule has 0 aromatic carbocycles. The number of carbonyl (C=O) groups is 1. The summed E-state index contributed by atoms with van der Waals surface area (Å²) in [6, 6.07) is -0.240. The first-order valence-electron chi connectivity index (χ1n) is 5.54. The van der Waals surface area contributed by atoms with Crippen molar-refractivity contribution in [1.82, 2.24) is 4.90 Å². The molecule has 4 heteroatoms. The van der Waals surface area contributed by atoms with Gasteiger partial charge in [0.25, 0.3) is 0 Å². The monoisotopic (exact) mass is 215 g/mol. The van der Waals surface area contributed by atoms with Crippen LogP contribution in [0.1, 0.15) is 46.5 Å². The van der Waals surface area contributed by atoms with Gasteiger partial charge in [-0.3, -0.25) is 4.90 Å². The van der Waals surface area contributed by atoms with Crippen LogP contribution in [0.25, 0.3) is 0 Å². The second-order valence-corrected chi connectivity index (χ2v) is 5.24. The number of amides is 1. The van der Waals surface area contributed by atoms with Crippen LogP contribution in [0.15, 0.2) is 0 Å². The Labute approximate surface area is 90.9 Å². The lowest BCUT2D eigenvalue weighted by atomic mass is 9.89. The van der Waals surface area contributed by atoms with E-state index in [9.17, 15) is 15.0 Å². The van der Waals surface area contributed by atoms with Crippen molar-refractivity contribution < 1.29 is 15.0 Å². The van der Waals surface area contributed by atoms with Crippen molar-refractivity contribution in [3.8, 4) is 0 Å². The van der Waals surface area contributed by atoms with Crippen LogP contribution in [0, 0.1) is 0 Å². The molecule has 0 aromatic heterocycles. The molecule has 4 nitrogen and oxygen atoms in total. The number of nitrogens with zero attached hydrogens (tertiary/aromatic N) is 1. The third-order valence-electron chi connectivity index (χ3n) is 2.95. The highest BCUT2D eigenvalue weighted by Gasteiger charge is 2.38. The maximum absolute atomic E-state index is 11.2. The zero-order valence-electron chi connectivity index (χ0n) is 9.73. The Kier molecular flexibility index (Phi) is 3.60. The topological polar surface area (TPSA) is 60.8 Å². The van der Waals surface area contributed by atoms with Crippen molar-refractivity contribution in [2.45, 2.75) is 64.1 Å². The summed E-state index contributed by atoms with van der Waals surface area (Å²) in [6.45, 7) is 5.59. The molecular formula is C11H21NO3.